The second kappa shape index (κ2) is 6.95. The predicted molar refractivity (Wildman–Crippen MR) is 81.3 cm³/mol. The number of rotatable bonds is 6. The average Bonchev–Trinajstić information content (AvgIpc) is 2.47. The highest BCUT2D eigenvalue weighted by Crippen LogP contribution is 2.33. The van der Waals surface area contributed by atoms with Crippen LogP contribution in [0.3, 0.4) is 0 Å². The molecule has 0 aliphatic carbocycles. The van der Waals surface area contributed by atoms with Gasteiger partial charge in [-0.1, -0.05) is 26.3 Å². The molecule has 2 rings (SSSR count). The molecule has 2 atom stereocenters. The molecule has 0 aromatic heterocycles. The maximum absolute atomic E-state index is 5.99. The van der Waals surface area contributed by atoms with Gasteiger partial charge in [0.05, 0.1) is 0 Å². The number of hydrogen-bond donors (Lipinski definition) is 1. The van der Waals surface area contributed by atoms with Crippen molar-refractivity contribution in [2.24, 2.45) is 11.7 Å². The SMILES string of the molecule is CCC(C)CN(C)C(CN)c1ccc2c(c1)OCCO2. The normalized spacial score (nSPS) is 17.1. The van der Waals surface area contributed by atoms with Gasteiger partial charge in [0.1, 0.15) is 13.2 Å². The van der Waals surface area contributed by atoms with Crippen LogP contribution >= 0.6 is 0 Å². The fourth-order valence-corrected chi connectivity index (χ4v) is 2.59. The van der Waals surface area contributed by atoms with Crippen molar-refractivity contribution in [1.82, 2.24) is 4.90 Å². The Morgan fingerprint density at radius 2 is 1.95 bits per heavy atom. The summed E-state index contributed by atoms with van der Waals surface area (Å²) in [6, 6.07) is 6.38. The topological polar surface area (TPSA) is 47.7 Å². The molecule has 0 amide bonds. The maximum Gasteiger partial charge on any atom is 0.161 e. The Balaban J connectivity index is 2.14. The van der Waals surface area contributed by atoms with Crippen LogP contribution in [0, 0.1) is 5.92 Å². The van der Waals surface area contributed by atoms with Crippen LogP contribution < -0.4 is 15.2 Å². The minimum absolute atomic E-state index is 0.222. The summed E-state index contributed by atoms with van der Waals surface area (Å²) in [6.45, 7) is 7.39. The van der Waals surface area contributed by atoms with E-state index in [1.54, 1.807) is 0 Å². The fraction of sp³-hybridized carbons (Fsp3) is 0.625. The zero-order valence-corrected chi connectivity index (χ0v) is 12.8. The molecule has 2 N–H and O–H groups in total. The van der Waals surface area contributed by atoms with Gasteiger partial charge in [-0.2, -0.15) is 0 Å². The lowest BCUT2D eigenvalue weighted by Gasteiger charge is -2.30. The number of nitrogens with zero attached hydrogens (tertiary/aromatic N) is 1. The van der Waals surface area contributed by atoms with Gasteiger partial charge in [0.2, 0.25) is 0 Å². The van der Waals surface area contributed by atoms with Crippen LogP contribution in [0.1, 0.15) is 31.9 Å². The van der Waals surface area contributed by atoms with E-state index in [4.69, 9.17) is 15.2 Å². The van der Waals surface area contributed by atoms with E-state index in [1.165, 1.54) is 12.0 Å². The lowest BCUT2D eigenvalue weighted by atomic mass is 10.0. The van der Waals surface area contributed by atoms with Gasteiger partial charge in [0.15, 0.2) is 11.5 Å². The standard InChI is InChI=1S/C16H26N2O2/c1-4-12(2)11-18(3)14(10-17)13-5-6-15-16(9-13)20-8-7-19-15/h5-6,9,12,14H,4,7-8,10-11,17H2,1-3H3. The van der Waals surface area contributed by atoms with E-state index >= 15 is 0 Å². The molecular weight excluding hydrogens is 252 g/mol. The quantitative estimate of drug-likeness (QED) is 0.868. The van der Waals surface area contributed by atoms with Crippen LogP contribution in [0.25, 0.3) is 0 Å². The number of likely N-dealkylation sites (N-methyl/N-ethyl adjacent to an activating group) is 1. The molecule has 20 heavy (non-hydrogen) atoms. The van der Waals surface area contributed by atoms with Crippen molar-refractivity contribution in [2.75, 3.05) is 33.4 Å². The largest absolute Gasteiger partial charge is 0.486 e. The van der Waals surface area contributed by atoms with Crippen LogP contribution in [0.15, 0.2) is 18.2 Å². The summed E-state index contributed by atoms with van der Waals surface area (Å²) >= 11 is 0. The summed E-state index contributed by atoms with van der Waals surface area (Å²) in [7, 11) is 2.14. The fourth-order valence-electron chi connectivity index (χ4n) is 2.59. The molecule has 0 fully saturated rings. The van der Waals surface area contributed by atoms with Crippen LogP contribution in [0.5, 0.6) is 11.5 Å². The predicted octanol–water partition coefficient (Wildman–Crippen LogP) is 2.44. The highest BCUT2D eigenvalue weighted by Gasteiger charge is 2.20. The molecule has 1 aliphatic heterocycles. The van der Waals surface area contributed by atoms with Crippen molar-refractivity contribution in [2.45, 2.75) is 26.3 Å². The molecule has 4 heteroatoms. The van der Waals surface area contributed by atoms with Gasteiger partial charge in [0.25, 0.3) is 0 Å². The smallest absolute Gasteiger partial charge is 0.161 e. The lowest BCUT2D eigenvalue weighted by molar-refractivity contribution is 0.170. The van der Waals surface area contributed by atoms with Crippen molar-refractivity contribution >= 4 is 0 Å². The lowest BCUT2D eigenvalue weighted by Crippen LogP contribution is -2.33. The molecule has 112 valence electrons. The summed E-state index contributed by atoms with van der Waals surface area (Å²) in [5.74, 6) is 2.34. The molecule has 0 bridgehead atoms. The third-order valence-electron chi connectivity index (χ3n) is 4.00. The van der Waals surface area contributed by atoms with E-state index in [1.807, 2.05) is 6.07 Å². The maximum atomic E-state index is 5.99. The first kappa shape index (κ1) is 15.1. The highest BCUT2D eigenvalue weighted by molar-refractivity contribution is 5.44. The first-order valence-electron chi connectivity index (χ1n) is 7.45. The minimum atomic E-state index is 0.222. The molecule has 1 aromatic rings. The van der Waals surface area contributed by atoms with E-state index in [2.05, 4.69) is 37.9 Å². The molecule has 1 heterocycles. The summed E-state index contributed by atoms with van der Waals surface area (Å²) in [5, 5.41) is 0. The summed E-state index contributed by atoms with van der Waals surface area (Å²) in [6.07, 6.45) is 1.18. The molecule has 0 spiro atoms. The minimum Gasteiger partial charge on any atom is -0.486 e. The van der Waals surface area contributed by atoms with Gasteiger partial charge in [-0.15, -0.1) is 0 Å². The number of nitrogens with two attached hydrogens (primary N) is 1. The number of fused-ring (bicyclic) bond motifs is 1. The molecule has 0 saturated heterocycles. The van der Waals surface area contributed by atoms with Gasteiger partial charge in [0, 0.05) is 19.1 Å². The first-order chi connectivity index (χ1) is 9.65. The third-order valence-corrected chi connectivity index (χ3v) is 4.00. The Labute approximate surface area is 121 Å². The van der Waals surface area contributed by atoms with Crippen molar-refractivity contribution < 1.29 is 9.47 Å². The second-order valence-electron chi connectivity index (χ2n) is 5.61. The van der Waals surface area contributed by atoms with E-state index in [9.17, 15) is 0 Å². The molecule has 1 aliphatic rings. The van der Waals surface area contributed by atoms with Crippen LogP contribution in [0.4, 0.5) is 0 Å². The first-order valence-corrected chi connectivity index (χ1v) is 7.45. The zero-order chi connectivity index (χ0) is 14.5. The van der Waals surface area contributed by atoms with E-state index in [0.717, 1.165) is 18.0 Å². The Kier molecular flexibility index (Phi) is 5.26. The molecule has 2 unspecified atom stereocenters. The third kappa shape index (κ3) is 3.44. The molecule has 0 saturated carbocycles. The van der Waals surface area contributed by atoms with Gasteiger partial charge >= 0.3 is 0 Å². The Morgan fingerprint density at radius 1 is 1.25 bits per heavy atom. The van der Waals surface area contributed by atoms with Crippen LogP contribution in [-0.4, -0.2) is 38.3 Å². The monoisotopic (exact) mass is 278 g/mol. The summed E-state index contributed by atoms with van der Waals surface area (Å²) in [4.78, 5) is 2.33. The van der Waals surface area contributed by atoms with E-state index in [-0.39, 0.29) is 6.04 Å². The average molecular weight is 278 g/mol. The van der Waals surface area contributed by atoms with E-state index in [0.29, 0.717) is 25.7 Å². The van der Waals surface area contributed by atoms with Gasteiger partial charge in [-0.3, -0.25) is 4.90 Å². The Hall–Kier alpha value is -1.26. The van der Waals surface area contributed by atoms with Gasteiger partial charge in [-0.25, -0.2) is 0 Å². The zero-order valence-electron chi connectivity index (χ0n) is 12.8. The number of hydrogen-bond acceptors (Lipinski definition) is 4. The van der Waals surface area contributed by atoms with Crippen molar-refractivity contribution in [3.8, 4) is 11.5 Å². The molecule has 4 nitrogen and oxygen atoms in total. The number of benzene rings is 1. The van der Waals surface area contributed by atoms with Crippen molar-refractivity contribution in [3.05, 3.63) is 23.8 Å². The van der Waals surface area contributed by atoms with Crippen molar-refractivity contribution in [1.29, 1.82) is 0 Å². The molecular formula is C16H26N2O2. The molecule has 0 radical (unpaired) electrons. The van der Waals surface area contributed by atoms with Gasteiger partial charge < -0.3 is 15.2 Å². The Morgan fingerprint density at radius 3 is 2.60 bits per heavy atom. The van der Waals surface area contributed by atoms with Crippen LogP contribution in [-0.2, 0) is 0 Å². The van der Waals surface area contributed by atoms with Gasteiger partial charge in [-0.05, 0) is 30.7 Å². The second-order valence-corrected chi connectivity index (χ2v) is 5.61. The summed E-state index contributed by atoms with van der Waals surface area (Å²) < 4.78 is 11.2. The summed E-state index contributed by atoms with van der Waals surface area (Å²) in [5.41, 5.74) is 7.18. The molecule has 1 aromatic carbocycles. The van der Waals surface area contributed by atoms with Crippen LogP contribution in [0.2, 0.25) is 0 Å². The van der Waals surface area contributed by atoms with E-state index < -0.39 is 0 Å². The highest BCUT2D eigenvalue weighted by atomic mass is 16.6. The number of ether oxygens (including phenoxy) is 2. The Bertz CT molecular complexity index is 436. The van der Waals surface area contributed by atoms with Crippen molar-refractivity contribution in [3.63, 3.8) is 0 Å².